The Bertz CT molecular complexity index is 1300. The molecule has 0 spiro atoms. The summed E-state index contributed by atoms with van der Waals surface area (Å²) in [7, 11) is -4.10. The molecule has 1 aromatic heterocycles. The van der Waals surface area contributed by atoms with Gasteiger partial charge in [-0.15, -0.1) is 0 Å². The molecule has 0 fully saturated rings. The Morgan fingerprint density at radius 2 is 1.71 bits per heavy atom. The zero-order valence-electron chi connectivity index (χ0n) is 18.5. The van der Waals surface area contributed by atoms with Gasteiger partial charge in [-0.25, -0.2) is 8.42 Å². The van der Waals surface area contributed by atoms with Crippen molar-refractivity contribution in [1.29, 1.82) is 0 Å². The number of carboxylic acid groups (broad SMARTS) is 1. The van der Waals surface area contributed by atoms with Crippen LogP contribution < -0.4 is 4.72 Å². The Kier molecular flexibility index (Phi) is 7.80. The molecular formula is C25H25N3O5S. The number of carboxylic acids is 1. The Labute approximate surface area is 198 Å². The van der Waals surface area contributed by atoms with Crippen molar-refractivity contribution < 1.29 is 23.1 Å². The zero-order valence-corrected chi connectivity index (χ0v) is 19.4. The highest BCUT2D eigenvalue weighted by Crippen LogP contribution is 2.25. The molecule has 2 aromatic carbocycles. The number of rotatable bonds is 10. The quantitative estimate of drug-likeness (QED) is 0.341. The fourth-order valence-electron chi connectivity index (χ4n) is 3.11. The molecule has 176 valence electrons. The fraction of sp³-hybridized carbons (Fsp3) is 0.160. The normalized spacial score (nSPS) is 13.7. The lowest BCUT2D eigenvalue weighted by Crippen LogP contribution is -2.50. The van der Waals surface area contributed by atoms with Crippen molar-refractivity contribution in [2.75, 3.05) is 5.75 Å². The molecule has 8 nitrogen and oxygen atoms in total. The highest BCUT2D eigenvalue weighted by molar-refractivity contribution is 7.90. The zero-order chi connectivity index (χ0) is 24.6. The van der Waals surface area contributed by atoms with Crippen LogP contribution in [-0.2, 0) is 31.6 Å². The third-order valence-electron chi connectivity index (χ3n) is 5.18. The molecule has 2 N–H and O–H groups in total. The minimum Gasteiger partial charge on any atom is -0.480 e. The van der Waals surface area contributed by atoms with E-state index in [2.05, 4.69) is 5.10 Å². The van der Waals surface area contributed by atoms with E-state index in [9.17, 15) is 23.1 Å². The van der Waals surface area contributed by atoms with Crippen LogP contribution in [0, 0.1) is 0 Å². The van der Waals surface area contributed by atoms with Gasteiger partial charge < -0.3 is 5.11 Å². The van der Waals surface area contributed by atoms with E-state index in [1.165, 1.54) is 23.2 Å². The van der Waals surface area contributed by atoms with Gasteiger partial charge in [0.1, 0.15) is 0 Å². The van der Waals surface area contributed by atoms with Crippen molar-refractivity contribution in [2.24, 2.45) is 0 Å². The minimum absolute atomic E-state index is 0.0740. The molecule has 3 aromatic rings. The van der Waals surface area contributed by atoms with Crippen LogP contribution in [-0.4, -0.2) is 40.9 Å². The lowest BCUT2D eigenvalue weighted by molar-refractivity contribution is -0.148. The van der Waals surface area contributed by atoms with Crippen LogP contribution in [0.1, 0.15) is 23.6 Å². The number of sulfonamides is 1. The number of carbonyl (C=O) groups excluding carboxylic acids is 1. The van der Waals surface area contributed by atoms with Crippen LogP contribution in [0.2, 0.25) is 0 Å². The topological polar surface area (TPSA) is 118 Å². The molecule has 1 unspecified atom stereocenters. The summed E-state index contributed by atoms with van der Waals surface area (Å²) in [5, 5.41) is 13.9. The average Bonchev–Trinajstić information content (AvgIpc) is 3.28. The van der Waals surface area contributed by atoms with Gasteiger partial charge in [-0.3, -0.25) is 19.0 Å². The van der Waals surface area contributed by atoms with E-state index in [-0.39, 0.29) is 5.56 Å². The maximum Gasteiger partial charge on any atom is 0.323 e. The smallest absolute Gasteiger partial charge is 0.323 e. The summed E-state index contributed by atoms with van der Waals surface area (Å²) in [5.41, 5.74) is -0.175. The third kappa shape index (κ3) is 6.29. The first-order valence-corrected chi connectivity index (χ1v) is 12.1. The SMILES string of the molecule is CC(C(=O)O)(C(=O)NS(=O)(=O)C/C=C/C=Cc1ccccc1)c1cnn(Cc2ccccc2)c1. The van der Waals surface area contributed by atoms with E-state index in [0.29, 0.717) is 6.54 Å². The van der Waals surface area contributed by atoms with Gasteiger partial charge >= 0.3 is 5.97 Å². The van der Waals surface area contributed by atoms with Gasteiger partial charge in [-0.05, 0) is 18.1 Å². The van der Waals surface area contributed by atoms with Crippen molar-refractivity contribution >= 4 is 28.0 Å². The number of carbonyl (C=O) groups is 2. The largest absolute Gasteiger partial charge is 0.480 e. The summed E-state index contributed by atoms with van der Waals surface area (Å²) in [5.74, 6) is -3.13. The van der Waals surface area contributed by atoms with Gasteiger partial charge in [0.2, 0.25) is 10.0 Å². The molecule has 1 amide bonds. The Hall–Kier alpha value is -3.98. The Balaban J connectivity index is 1.68. The fourth-order valence-corrected chi connectivity index (χ4v) is 4.04. The van der Waals surface area contributed by atoms with E-state index < -0.39 is 33.1 Å². The summed E-state index contributed by atoms with van der Waals surface area (Å²) >= 11 is 0. The molecule has 0 aliphatic rings. The van der Waals surface area contributed by atoms with Gasteiger partial charge in [0.15, 0.2) is 5.41 Å². The van der Waals surface area contributed by atoms with Crippen LogP contribution in [0.5, 0.6) is 0 Å². The van der Waals surface area contributed by atoms with Crippen LogP contribution in [0.4, 0.5) is 0 Å². The van der Waals surface area contributed by atoms with Gasteiger partial charge in [0.25, 0.3) is 5.91 Å². The highest BCUT2D eigenvalue weighted by atomic mass is 32.2. The minimum atomic E-state index is -4.10. The second kappa shape index (κ2) is 10.8. The van der Waals surface area contributed by atoms with Crippen LogP contribution in [0.25, 0.3) is 6.08 Å². The number of nitrogens with one attached hydrogen (secondary N) is 1. The van der Waals surface area contributed by atoms with E-state index >= 15 is 0 Å². The molecule has 34 heavy (non-hydrogen) atoms. The molecule has 0 aliphatic carbocycles. The monoisotopic (exact) mass is 479 g/mol. The van der Waals surface area contributed by atoms with Gasteiger partial charge in [0.05, 0.1) is 18.5 Å². The number of amides is 1. The molecule has 9 heteroatoms. The lowest BCUT2D eigenvalue weighted by atomic mass is 9.84. The lowest BCUT2D eigenvalue weighted by Gasteiger charge is -2.22. The van der Waals surface area contributed by atoms with Gasteiger partial charge in [0, 0.05) is 11.8 Å². The summed E-state index contributed by atoms with van der Waals surface area (Å²) < 4.78 is 28.2. The number of aliphatic carboxylic acids is 1. The Morgan fingerprint density at radius 1 is 1.06 bits per heavy atom. The van der Waals surface area contributed by atoms with Gasteiger partial charge in [-0.1, -0.05) is 85.0 Å². The maximum atomic E-state index is 12.8. The van der Waals surface area contributed by atoms with Crippen molar-refractivity contribution in [1.82, 2.24) is 14.5 Å². The predicted molar refractivity (Wildman–Crippen MR) is 129 cm³/mol. The van der Waals surface area contributed by atoms with Crippen molar-refractivity contribution in [2.45, 2.75) is 18.9 Å². The Morgan fingerprint density at radius 3 is 2.35 bits per heavy atom. The van der Waals surface area contributed by atoms with Crippen LogP contribution >= 0.6 is 0 Å². The summed E-state index contributed by atoms with van der Waals surface area (Å²) in [6.45, 7) is 1.53. The molecule has 1 heterocycles. The van der Waals surface area contributed by atoms with E-state index in [4.69, 9.17) is 0 Å². The number of hydrogen-bond acceptors (Lipinski definition) is 5. The molecular weight excluding hydrogens is 454 g/mol. The van der Waals surface area contributed by atoms with Crippen LogP contribution in [0.3, 0.4) is 0 Å². The van der Waals surface area contributed by atoms with Crippen molar-refractivity contribution in [3.63, 3.8) is 0 Å². The predicted octanol–water partition coefficient (Wildman–Crippen LogP) is 2.99. The van der Waals surface area contributed by atoms with E-state index in [1.807, 2.05) is 65.4 Å². The molecule has 3 rings (SSSR count). The number of aromatic nitrogens is 2. The van der Waals surface area contributed by atoms with E-state index in [1.54, 1.807) is 18.2 Å². The van der Waals surface area contributed by atoms with E-state index in [0.717, 1.165) is 18.1 Å². The summed E-state index contributed by atoms with van der Waals surface area (Å²) in [4.78, 5) is 24.9. The average molecular weight is 480 g/mol. The van der Waals surface area contributed by atoms with Gasteiger partial charge in [-0.2, -0.15) is 5.10 Å². The molecule has 1 atom stereocenters. The molecule has 0 saturated carbocycles. The number of hydrogen-bond donors (Lipinski definition) is 2. The summed E-state index contributed by atoms with van der Waals surface area (Å²) in [6.07, 6.45) is 9.08. The maximum absolute atomic E-state index is 12.8. The number of benzene rings is 2. The molecule has 0 saturated heterocycles. The molecule has 0 bridgehead atoms. The number of nitrogens with zero attached hydrogens (tertiary/aromatic N) is 2. The second-order valence-electron chi connectivity index (χ2n) is 7.75. The van der Waals surface area contributed by atoms with Crippen molar-refractivity contribution in [3.05, 3.63) is 108 Å². The summed E-state index contributed by atoms with van der Waals surface area (Å²) in [6, 6.07) is 18.8. The third-order valence-corrected chi connectivity index (χ3v) is 6.31. The first kappa shape index (κ1) is 24.7. The number of allylic oxidation sites excluding steroid dienone is 2. The first-order chi connectivity index (χ1) is 16.2. The highest BCUT2D eigenvalue weighted by Gasteiger charge is 2.45. The first-order valence-electron chi connectivity index (χ1n) is 10.4. The van der Waals surface area contributed by atoms with Crippen molar-refractivity contribution in [3.8, 4) is 0 Å². The van der Waals surface area contributed by atoms with Crippen LogP contribution in [0.15, 0.2) is 91.3 Å². The second-order valence-corrected chi connectivity index (χ2v) is 9.52. The standard InChI is InChI=1S/C25H25N3O5S/c1-25(24(30)31,22-17-26-28(19-22)18-21-14-7-3-8-15-21)23(29)27-34(32,33)16-10-4-9-13-20-11-5-2-6-12-20/h2-15,17,19H,16,18H2,1H3,(H,27,29)(H,30,31)/b10-4+,13-9?. The molecule has 0 radical (unpaired) electrons. The molecule has 0 aliphatic heterocycles.